The Morgan fingerprint density at radius 1 is 0.265 bits per heavy atom. The first kappa shape index (κ1) is 53.1. The minimum Gasteiger partial charge on any atom is -0.310 e. The molecule has 0 aliphatic rings. The van der Waals surface area contributed by atoms with E-state index in [1.54, 1.807) is 0 Å². The van der Waals surface area contributed by atoms with Crippen molar-refractivity contribution in [2.45, 2.75) is 41.5 Å². The lowest BCUT2D eigenvalue weighted by molar-refractivity contribution is 1.25. The fourth-order valence-electron chi connectivity index (χ4n) is 11.3. The van der Waals surface area contributed by atoms with Crippen LogP contribution in [0.25, 0.3) is 55.9 Å². The van der Waals surface area contributed by atoms with Gasteiger partial charge < -0.3 is 14.7 Å². The first-order valence-corrected chi connectivity index (χ1v) is 28.2. The number of aromatic nitrogens is 2. The van der Waals surface area contributed by atoms with Crippen molar-refractivity contribution in [3.05, 3.63) is 306 Å². The highest BCUT2D eigenvalue weighted by Gasteiger charge is 2.34. The van der Waals surface area contributed by atoms with Gasteiger partial charge in [0.15, 0.2) is 0 Å². The van der Waals surface area contributed by atoms with Crippen LogP contribution in [-0.4, -0.2) is 9.97 Å². The largest absolute Gasteiger partial charge is 0.310 e. The molecule has 0 spiro atoms. The Hall–Kier alpha value is -10.6. The molecule has 12 rings (SSSR count). The van der Waals surface area contributed by atoms with E-state index in [-0.39, 0.29) is 0 Å². The van der Waals surface area contributed by atoms with Crippen LogP contribution in [0.5, 0.6) is 0 Å². The third-order valence-electron chi connectivity index (χ3n) is 15.4. The highest BCUT2D eigenvalue weighted by atomic mass is 15.2. The molecule has 6 nitrogen and oxygen atoms in total. The van der Waals surface area contributed by atoms with Crippen molar-refractivity contribution in [1.29, 1.82) is 5.26 Å². The number of benzene rings is 10. The highest BCUT2D eigenvalue weighted by molar-refractivity contribution is 6.14. The van der Waals surface area contributed by atoms with Crippen molar-refractivity contribution in [2.75, 3.05) is 14.7 Å². The quantitative estimate of drug-likeness (QED) is 0.108. The summed E-state index contributed by atoms with van der Waals surface area (Å²) in [5.41, 5.74) is 23.9. The van der Waals surface area contributed by atoms with Crippen molar-refractivity contribution < 1.29 is 0 Å². The van der Waals surface area contributed by atoms with Gasteiger partial charge in [0.2, 0.25) is 0 Å². The van der Waals surface area contributed by atoms with E-state index in [1.165, 1.54) is 0 Å². The summed E-state index contributed by atoms with van der Waals surface area (Å²) in [6, 6.07) is 93.1. The van der Waals surface area contributed by atoms with Gasteiger partial charge in [-0.2, -0.15) is 5.26 Å². The number of hydrogen-bond donors (Lipinski definition) is 0. The van der Waals surface area contributed by atoms with Crippen LogP contribution in [0.15, 0.2) is 267 Å². The molecule has 400 valence electrons. The fourth-order valence-corrected chi connectivity index (χ4v) is 11.3. The van der Waals surface area contributed by atoms with Crippen molar-refractivity contribution in [1.82, 2.24) is 9.97 Å². The monoisotopic (exact) mass is 1070 g/mol. The Morgan fingerprint density at radius 2 is 0.506 bits per heavy atom. The number of nitriles is 1. The molecule has 12 aromatic rings. The maximum atomic E-state index is 12.7. The third kappa shape index (κ3) is 10.6. The van der Waals surface area contributed by atoms with Crippen LogP contribution in [0.3, 0.4) is 0 Å². The van der Waals surface area contributed by atoms with Gasteiger partial charge >= 0.3 is 0 Å². The molecule has 0 bridgehead atoms. The average molecular weight is 1070 g/mol. The van der Waals surface area contributed by atoms with Gasteiger partial charge in [-0.3, -0.25) is 9.97 Å². The molecule has 0 aliphatic heterocycles. The van der Waals surface area contributed by atoms with Gasteiger partial charge in [0.05, 0.1) is 34.0 Å². The molecule has 0 saturated heterocycles. The second kappa shape index (κ2) is 23.2. The topological polar surface area (TPSA) is 59.3 Å². The second-order valence-electron chi connectivity index (χ2n) is 21.4. The lowest BCUT2D eigenvalue weighted by Gasteiger charge is -2.33. The van der Waals surface area contributed by atoms with Crippen molar-refractivity contribution in [3.8, 4) is 62.0 Å². The summed E-state index contributed by atoms with van der Waals surface area (Å²) in [6.45, 7) is 12.7. The summed E-state index contributed by atoms with van der Waals surface area (Å²) in [5, 5.41) is 12.7. The standard InChI is InChI=1S/C77H62N6/c1-52-25-37-58(38-26-52)81(59-39-27-53(2)28-40-59)70-22-10-7-17-64(70)73-67(51-78)74(65-18-8-11-23-71(65)82(60-41-29-54(3)30-42-60)61-43-31-55(4)32-44-61)77(69-21-14-16-50-80-69)75(76(73)68-20-13-15-49-79-68)66-19-9-12-24-72(66)83(62-45-33-56(5)34-46-62)63-47-35-57(6)36-48-63/h7-50H,1-6H3. The number of anilines is 9. The summed E-state index contributed by atoms with van der Waals surface area (Å²) in [4.78, 5) is 17.6. The molecule has 0 saturated carbocycles. The normalized spacial score (nSPS) is 11.0. The van der Waals surface area contributed by atoms with Gasteiger partial charge in [-0.1, -0.05) is 173 Å². The van der Waals surface area contributed by atoms with E-state index in [9.17, 15) is 5.26 Å². The summed E-state index contributed by atoms with van der Waals surface area (Å²) in [5.74, 6) is 0. The smallest absolute Gasteiger partial charge is 0.100 e. The Kier molecular flexibility index (Phi) is 14.9. The SMILES string of the molecule is Cc1ccc(N(c2ccc(C)cc2)c2ccccc2-c2c(C#N)c(-c3ccccc3N(c3ccc(C)cc3)c3ccc(C)cc3)c(-c3ccccn3)c(-c3ccccc3N(c3ccc(C)cc3)c3ccc(C)cc3)c2-c2ccccn2)cc1. The van der Waals surface area contributed by atoms with E-state index >= 15 is 0 Å². The van der Waals surface area contributed by atoms with Gasteiger partial charge in [-0.25, -0.2) is 0 Å². The zero-order valence-corrected chi connectivity index (χ0v) is 47.6. The maximum Gasteiger partial charge on any atom is 0.100 e. The van der Waals surface area contributed by atoms with Crippen LogP contribution in [-0.2, 0) is 0 Å². The lowest BCUT2D eigenvalue weighted by Crippen LogP contribution is -2.14. The van der Waals surface area contributed by atoms with Gasteiger partial charge in [0, 0.05) is 91.0 Å². The molecule has 83 heavy (non-hydrogen) atoms. The van der Waals surface area contributed by atoms with E-state index in [0.717, 1.165) is 129 Å². The summed E-state index contributed by atoms with van der Waals surface area (Å²) in [7, 11) is 0. The highest BCUT2D eigenvalue weighted by Crippen LogP contribution is 2.58. The molecule has 0 N–H and O–H groups in total. The van der Waals surface area contributed by atoms with Crippen LogP contribution in [0, 0.1) is 52.9 Å². The van der Waals surface area contributed by atoms with Crippen molar-refractivity contribution in [3.63, 3.8) is 0 Å². The van der Waals surface area contributed by atoms with E-state index in [0.29, 0.717) is 17.0 Å². The van der Waals surface area contributed by atoms with Crippen LogP contribution in [0.2, 0.25) is 0 Å². The van der Waals surface area contributed by atoms with Crippen LogP contribution in [0.1, 0.15) is 38.9 Å². The lowest BCUT2D eigenvalue weighted by atomic mass is 9.76. The third-order valence-corrected chi connectivity index (χ3v) is 15.4. The Morgan fingerprint density at radius 3 is 0.747 bits per heavy atom. The molecule has 0 amide bonds. The van der Waals surface area contributed by atoms with Crippen LogP contribution in [0.4, 0.5) is 51.2 Å². The summed E-state index contributed by atoms with van der Waals surface area (Å²) >= 11 is 0. The number of nitrogens with zero attached hydrogens (tertiary/aromatic N) is 6. The van der Waals surface area contributed by atoms with E-state index in [1.807, 2.05) is 36.7 Å². The number of pyridine rings is 2. The molecule has 0 unspecified atom stereocenters. The Bertz CT molecular complexity index is 3940. The number of para-hydroxylation sites is 3. The predicted octanol–water partition coefficient (Wildman–Crippen LogP) is 20.9. The molecule has 10 aromatic carbocycles. The number of hydrogen-bond acceptors (Lipinski definition) is 6. The predicted molar refractivity (Wildman–Crippen MR) is 346 cm³/mol. The molecule has 0 fully saturated rings. The molecule has 0 aliphatic carbocycles. The van der Waals surface area contributed by atoms with Gasteiger partial charge in [-0.05, 0) is 157 Å². The molecule has 0 atom stereocenters. The van der Waals surface area contributed by atoms with E-state index in [2.05, 4.69) is 293 Å². The number of rotatable bonds is 14. The van der Waals surface area contributed by atoms with Gasteiger partial charge in [-0.15, -0.1) is 0 Å². The summed E-state index contributed by atoms with van der Waals surface area (Å²) in [6.07, 6.45) is 3.71. The Labute approximate surface area is 488 Å². The molecule has 2 aromatic heterocycles. The number of aryl methyl sites for hydroxylation is 6. The molecule has 0 radical (unpaired) electrons. The van der Waals surface area contributed by atoms with E-state index < -0.39 is 0 Å². The fraction of sp³-hybridized carbons (Fsp3) is 0.0779. The Balaban J connectivity index is 1.31. The van der Waals surface area contributed by atoms with Crippen LogP contribution >= 0.6 is 0 Å². The molecular formula is C77H62N6. The van der Waals surface area contributed by atoms with Crippen molar-refractivity contribution >= 4 is 51.2 Å². The molecule has 2 heterocycles. The molecule has 6 heteroatoms. The first-order valence-electron chi connectivity index (χ1n) is 28.2. The minimum atomic E-state index is 0.474. The zero-order chi connectivity index (χ0) is 57.0. The van der Waals surface area contributed by atoms with Gasteiger partial charge in [0.1, 0.15) is 6.07 Å². The van der Waals surface area contributed by atoms with E-state index in [4.69, 9.17) is 9.97 Å². The zero-order valence-electron chi connectivity index (χ0n) is 47.6. The van der Waals surface area contributed by atoms with Crippen molar-refractivity contribution in [2.24, 2.45) is 0 Å². The first-order chi connectivity index (χ1) is 40.6. The molecular weight excluding hydrogens is 1010 g/mol. The average Bonchev–Trinajstić information content (AvgIpc) is 3.61. The summed E-state index contributed by atoms with van der Waals surface area (Å²) < 4.78 is 0. The second-order valence-corrected chi connectivity index (χ2v) is 21.4. The van der Waals surface area contributed by atoms with Gasteiger partial charge in [0.25, 0.3) is 0 Å². The maximum absolute atomic E-state index is 12.7. The minimum absolute atomic E-state index is 0.474. The van der Waals surface area contributed by atoms with Crippen LogP contribution < -0.4 is 14.7 Å².